The van der Waals surface area contributed by atoms with Crippen LogP contribution < -0.4 is 15.4 Å². The number of nitrogens with one attached hydrogen (secondary N) is 2. The Hall–Kier alpha value is -2.04. The smallest absolute Gasteiger partial charge is 0.262 e. The van der Waals surface area contributed by atoms with Gasteiger partial charge in [0.1, 0.15) is 5.75 Å². The average Bonchev–Trinajstić information content (AvgIpc) is 2.59. The minimum atomic E-state index is -0.152. The lowest BCUT2D eigenvalue weighted by Gasteiger charge is -2.56. The highest BCUT2D eigenvalue weighted by molar-refractivity contribution is 5.95. The van der Waals surface area contributed by atoms with Gasteiger partial charge in [0.05, 0.1) is 12.1 Å². The number of anilines is 1. The number of ether oxygens (including phenoxy) is 1. The van der Waals surface area contributed by atoms with Crippen molar-refractivity contribution in [3.05, 3.63) is 23.8 Å². The maximum Gasteiger partial charge on any atom is 0.262 e. The van der Waals surface area contributed by atoms with E-state index < -0.39 is 0 Å². The molecule has 6 rings (SSSR count). The van der Waals surface area contributed by atoms with Gasteiger partial charge in [-0.3, -0.25) is 9.59 Å². The van der Waals surface area contributed by atoms with Crippen molar-refractivity contribution in [3.8, 4) is 5.75 Å². The van der Waals surface area contributed by atoms with Gasteiger partial charge in [-0.15, -0.1) is 0 Å². The number of amides is 2. The number of carbonyl (C=O) groups excluding carboxylic acids is 2. The summed E-state index contributed by atoms with van der Waals surface area (Å²) in [4.78, 5) is 24.0. The summed E-state index contributed by atoms with van der Waals surface area (Å²) in [5.74, 6) is 3.30. The van der Waals surface area contributed by atoms with E-state index in [2.05, 4.69) is 10.6 Å². The molecule has 1 aliphatic heterocycles. The summed E-state index contributed by atoms with van der Waals surface area (Å²) in [5.41, 5.74) is 1.92. The predicted octanol–water partition coefficient (Wildman–Crippen LogP) is 2.89. The molecule has 5 nitrogen and oxygen atoms in total. The van der Waals surface area contributed by atoms with Crippen molar-refractivity contribution in [1.29, 1.82) is 0 Å². The van der Waals surface area contributed by atoms with E-state index >= 15 is 0 Å². The zero-order valence-electron chi connectivity index (χ0n) is 15.1. The van der Waals surface area contributed by atoms with Gasteiger partial charge >= 0.3 is 0 Å². The van der Waals surface area contributed by atoms with Crippen LogP contribution in [0.5, 0.6) is 5.75 Å². The molecule has 0 saturated heterocycles. The van der Waals surface area contributed by atoms with Crippen LogP contribution in [0, 0.1) is 23.2 Å². The fourth-order valence-electron chi connectivity index (χ4n) is 6.28. The first kappa shape index (κ1) is 16.2. The second kappa shape index (κ2) is 6.00. The fraction of sp³-hybridized carbons (Fsp3) is 0.619. The van der Waals surface area contributed by atoms with Crippen molar-refractivity contribution in [1.82, 2.24) is 5.32 Å². The van der Waals surface area contributed by atoms with Crippen LogP contribution in [-0.4, -0.2) is 25.0 Å². The lowest BCUT2D eigenvalue weighted by atomic mass is 9.49. The van der Waals surface area contributed by atoms with Crippen molar-refractivity contribution < 1.29 is 14.3 Å². The summed E-state index contributed by atoms with van der Waals surface area (Å²) in [7, 11) is 0. The molecule has 138 valence electrons. The van der Waals surface area contributed by atoms with E-state index in [1.807, 2.05) is 18.2 Å². The van der Waals surface area contributed by atoms with Gasteiger partial charge in [-0.25, -0.2) is 0 Å². The molecule has 0 atom stereocenters. The Kier molecular flexibility index (Phi) is 3.73. The lowest BCUT2D eigenvalue weighted by Crippen LogP contribution is -2.51. The number of rotatable bonds is 4. The van der Waals surface area contributed by atoms with E-state index in [1.54, 1.807) is 0 Å². The van der Waals surface area contributed by atoms with Crippen LogP contribution in [0.4, 0.5) is 5.69 Å². The molecule has 0 spiro atoms. The summed E-state index contributed by atoms with van der Waals surface area (Å²) >= 11 is 0. The lowest BCUT2D eigenvalue weighted by molar-refractivity contribution is -0.122. The molecule has 4 aliphatic carbocycles. The van der Waals surface area contributed by atoms with Crippen molar-refractivity contribution in [2.24, 2.45) is 23.2 Å². The molecule has 0 unspecified atom stereocenters. The Morgan fingerprint density at radius 1 is 1.15 bits per heavy atom. The van der Waals surface area contributed by atoms with Crippen LogP contribution in [0.3, 0.4) is 0 Å². The van der Waals surface area contributed by atoms with Crippen LogP contribution in [0.15, 0.2) is 18.2 Å². The van der Waals surface area contributed by atoms with Crippen molar-refractivity contribution in [2.75, 3.05) is 18.5 Å². The SMILES string of the molecule is O=C(Cc1ccc2c(c1)NC(=O)CO2)NCC12CC3CC(CC(C3)C1)C2. The minimum absolute atomic E-state index is 0.0535. The fourth-order valence-corrected chi connectivity index (χ4v) is 6.28. The van der Waals surface area contributed by atoms with Gasteiger partial charge in [-0.05, 0) is 79.4 Å². The number of benzene rings is 1. The Bertz CT molecular complexity index is 722. The molecule has 5 aliphatic rings. The highest BCUT2D eigenvalue weighted by Gasteiger charge is 2.50. The van der Waals surface area contributed by atoms with Crippen LogP contribution in [-0.2, 0) is 16.0 Å². The van der Waals surface area contributed by atoms with Gasteiger partial charge in [0.15, 0.2) is 6.61 Å². The van der Waals surface area contributed by atoms with E-state index in [-0.39, 0.29) is 18.4 Å². The third-order valence-corrected chi connectivity index (χ3v) is 6.87. The molecule has 5 heteroatoms. The molecule has 4 bridgehead atoms. The summed E-state index contributed by atoms with van der Waals surface area (Å²) in [6.45, 7) is 0.887. The van der Waals surface area contributed by atoms with Crippen molar-refractivity contribution in [3.63, 3.8) is 0 Å². The van der Waals surface area contributed by atoms with E-state index in [4.69, 9.17) is 4.74 Å². The first-order chi connectivity index (χ1) is 12.6. The quantitative estimate of drug-likeness (QED) is 0.874. The van der Waals surface area contributed by atoms with E-state index in [1.165, 1.54) is 38.5 Å². The maximum atomic E-state index is 12.5. The first-order valence-electron chi connectivity index (χ1n) is 9.89. The molecular weight excluding hydrogens is 328 g/mol. The third-order valence-electron chi connectivity index (χ3n) is 6.87. The topological polar surface area (TPSA) is 67.4 Å². The van der Waals surface area contributed by atoms with Crippen LogP contribution in [0.25, 0.3) is 0 Å². The zero-order valence-corrected chi connectivity index (χ0v) is 15.1. The molecule has 4 fully saturated rings. The number of fused-ring (bicyclic) bond motifs is 1. The standard InChI is InChI=1S/C21H26N2O3/c24-19(7-13-1-2-18-17(6-13)23-20(25)11-26-18)22-12-21-8-14-3-15(9-21)5-16(4-14)10-21/h1-2,6,14-16H,3-5,7-12H2,(H,22,24)(H,23,25). The van der Waals surface area contributed by atoms with Gasteiger partial charge in [0.2, 0.25) is 5.91 Å². The van der Waals surface area contributed by atoms with Gasteiger partial charge in [-0.2, -0.15) is 0 Å². The minimum Gasteiger partial charge on any atom is -0.482 e. The maximum absolute atomic E-state index is 12.5. The predicted molar refractivity (Wildman–Crippen MR) is 97.9 cm³/mol. The molecule has 1 aromatic carbocycles. The Morgan fingerprint density at radius 3 is 2.54 bits per heavy atom. The molecule has 2 N–H and O–H groups in total. The molecular formula is C21H26N2O3. The monoisotopic (exact) mass is 354 g/mol. The van der Waals surface area contributed by atoms with Gasteiger partial charge < -0.3 is 15.4 Å². The second-order valence-corrected chi connectivity index (χ2v) is 9.04. The summed E-state index contributed by atoms with van der Waals surface area (Å²) in [6.07, 6.45) is 8.54. The molecule has 1 aromatic rings. The average molecular weight is 354 g/mol. The number of carbonyl (C=O) groups is 2. The summed E-state index contributed by atoms with van der Waals surface area (Å²) in [6, 6.07) is 5.58. The van der Waals surface area contributed by atoms with Crippen molar-refractivity contribution >= 4 is 17.5 Å². The van der Waals surface area contributed by atoms with E-state index in [0.717, 1.165) is 29.9 Å². The third kappa shape index (κ3) is 2.97. The molecule has 0 aromatic heterocycles. The van der Waals surface area contributed by atoms with E-state index in [0.29, 0.717) is 23.3 Å². The Labute approximate surface area is 153 Å². The molecule has 1 heterocycles. The van der Waals surface area contributed by atoms with E-state index in [9.17, 15) is 9.59 Å². The Morgan fingerprint density at radius 2 is 1.85 bits per heavy atom. The summed E-state index contributed by atoms with van der Waals surface area (Å²) in [5, 5.41) is 6.02. The van der Waals surface area contributed by atoms with Gasteiger partial charge in [0.25, 0.3) is 5.91 Å². The largest absolute Gasteiger partial charge is 0.482 e. The first-order valence-corrected chi connectivity index (χ1v) is 9.89. The zero-order chi connectivity index (χ0) is 17.7. The highest BCUT2D eigenvalue weighted by atomic mass is 16.5. The highest BCUT2D eigenvalue weighted by Crippen LogP contribution is 2.59. The summed E-state index contributed by atoms with van der Waals surface area (Å²) < 4.78 is 5.37. The molecule has 0 radical (unpaired) electrons. The molecule has 26 heavy (non-hydrogen) atoms. The van der Waals surface area contributed by atoms with Gasteiger partial charge in [-0.1, -0.05) is 6.07 Å². The van der Waals surface area contributed by atoms with Crippen LogP contribution in [0.1, 0.15) is 44.1 Å². The molecule has 4 saturated carbocycles. The van der Waals surface area contributed by atoms with Crippen LogP contribution >= 0.6 is 0 Å². The molecule has 2 amide bonds. The number of hydrogen-bond acceptors (Lipinski definition) is 3. The van der Waals surface area contributed by atoms with Gasteiger partial charge in [0, 0.05) is 6.54 Å². The van der Waals surface area contributed by atoms with Crippen molar-refractivity contribution in [2.45, 2.75) is 44.9 Å². The number of hydrogen-bond donors (Lipinski definition) is 2. The second-order valence-electron chi connectivity index (χ2n) is 9.04. The Balaban J connectivity index is 1.21. The normalized spacial score (nSPS) is 34.0. The van der Waals surface area contributed by atoms with Crippen LogP contribution in [0.2, 0.25) is 0 Å².